The van der Waals surface area contributed by atoms with E-state index in [0.29, 0.717) is 6.42 Å². The van der Waals surface area contributed by atoms with Gasteiger partial charge in [-0.15, -0.1) is 0 Å². The fourth-order valence-corrected chi connectivity index (χ4v) is 2.26. The van der Waals surface area contributed by atoms with E-state index in [9.17, 15) is 9.59 Å². The Morgan fingerprint density at radius 3 is 2.74 bits per heavy atom. The first-order chi connectivity index (χ1) is 9.24. The molecule has 2 rings (SSSR count). The van der Waals surface area contributed by atoms with Crippen molar-refractivity contribution in [1.82, 2.24) is 4.90 Å². The van der Waals surface area contributed by atoms with Gasteiger partial charge in [0.2, 0.25) is 5.91 Å². The highest BCUT2D eigenvalue weighted by molar-refractivity contribution is 5.93. The number of benzene rings is 1. The molecule has 0 N–H and O–H groups in total. The molecule has 1 aromatic rings. The van der Waals surface area contributed by atoms with Crippen LogP contribution in [0.3, 0.4) is 0 Å². The topological polar surface area (TPSA) is 46.6 Å². The van der Waals surface area contributed by atoms with E-state index in [-0.39, 0.29) is 18.6 Å². The maximum atomic E-state index is 12.1. The minimum atomic E-state index is -0.518. The first-order valence-electron chi connectivity index (χ1n) is 6.77. The summed E-state index contributed by atoms with van der Waals surface area (Å²) in [4.78, 5) is 25.1. The number of ether oxygens (including phenoxy) is 1. The number of carbonyl (C=O) groups excluding carboxylic acids is 2. The molecule has 0 saturated carbocycles. The molecule has 2 amide bonds. The maximum Gasteiger partial charge on any atom is 0.417 e. The van der Waals surface area contributed by atoms with Crippen LogP contribution in [0.1, 0.15) is 44.2 Å². The fourth-order valence-electron chi connectivity index (χ4n) is 2.26. The molecule has 1 fully saturated rings. The third kappa shape index (κ3) is 3.13. The van der Waals surface area contributed by atoms with Crippen LogP contribution >= 0.6 is 0 Å². The van der Waals surface area contributed by atoms with Crippen LogP contribution in [0.2, 0.25) is 0 Å². The molecule has 4 heteroatoms. The van der Waals surface area contributed by atoms with Crippen LogP contribution in [0, 0.1) is 0 Å². The molecule has 1 aromatic carbocycles. The first kappa shape index (κ1) is 13.6. The van der Waals surface area contributed by atoms with E-state index < -0.39 is 6.09 Å². The molecule has 4 nitrogen and oxygen atoms in total. The van der Waals surface area contributed by atoms with Gasteiger partial charge in [0.05, 0.1) is 0 Å². The van der Waals surface area contributed by atoms with Gasteiger partial charge in [0.15, 0.2) is 0 Å². The number of nitrogens with zero attached hydrogens (tertiary/aromatic N) is 1. The van der Waals surface area contributed by atoms with E-state index in [4.69, 9.17) is 4.74 Å². The summed E-state index contributed by atoms with van der Waals surface area (Å²) in [5.41, 5.74) is 0.942. The van der Waals surface area contributed by atoms with Crippen LogP contribution in [0.25, 0.3) is 0 Å². The van der Waals surface area contributed by atoms with Gasteiger partial charge in [0.25, 0.3) is 0 Å². The van der Waals surface area contributed by atoms with Crippen molar-refractivity contribution >= 4 is 12.0 Å². The molecule has 0 radical (unpaired) electrons. The summed E-state index contributed by atoms with van der Waals surface area (Å²) in [6, 6.07) is 9.27. The zero-order valence-electron chi connectivity index (χ0n) is 11.2. The molecule has 19 heavy (non-hydrogen) atoms. The highest BCUT2D eigenvalue weighted by Crippen LogP contribution is 2.28. The lowest BCUT2D eigenvalue weighted by Gasteiger charge is -2.19. The van der Waals surface area contributed by atoms with Crippen molar-refractivity contribution in [1.29, 1.82) is 0 Å². The molecular weight excluding hydrogens is 242 g/mol. The maximum absolute atomic E-state index is 12.1. The average molecular weight is 261 g/mol. The molecule has 1 heterocycles. The number of amides is 2. The second-order valence-electron chi connectivity index (χ2n) is 4.72. The van der Waals surface area contributed by atoms with Gasteiger partial charge in [-0.3, -0.25) is 4.79 Å². The summed E-state index contributed by atoms with van der Waals surface area (Å²) in [5.74, 6) is -0.134. The normalized spacial score (nSPS) is 18.5. The molecule has 102 valence electrons. The van der Waals surface area contributed by atoms with E-state index in [0.717, 1.165) is 24.8 Å². The van der Waals surface area contributed by atoms with Crippen LogP contribution in [-0.2, 0) is 9.53 Å². The molecule has 0 aromatic heterocycles. The van der Waals surface area contributed by atoms with Gasteiger partial charge in [-0.2, -0.15) is 0 Å². The lowest BCUT2D eigenvalue weighted by molar-refractivity contribution is -0.129. The summed E-state index contributed by atoms with van der Waals surface area (Å²) in [6.45, 7) is 2.34. The van der Waals surface area contributed by atoms with Crippen LogP contribution < -0.4 is 0 Å². The monoisotopic (exact) mass is 261 g/mol. The molecule has 1 atom stereocenters. The Morgan fingerprint density at radius 2 is 2.05 bits per heavy atom. The number of hydrogen-bond donors (Lipinski definition) is 0. The lowest BCUT2D eigenvalue weighted by Crippen LogP contribution is -2.33. The second-order valence-corrected chi connectivity index (χ2v) is 4.72. The molecular formula is C15H19NO3. The van der Waals surface area contributed by atoms with Crippen LogP contribution in [0.4, 0.5) is 4.79 Å². The van der Waals surface area contributed by atoms with Crippen molar-refractivity contribution < 1.29 is 14.3 Å². The van der Waals surface area contributed by atoms with Crippen LogP contribution in [0.15, 0.2) is 30.3 Å². The Hall–Kier alpha value is -1.84. The third-order valence-electron chi connectivity index (χ3n) is 3.32. The van der Waals surface area contributed by atoms with Crippen molar-refractivity contribution in [3.63, 3.8) is 0 Å². The van der Waals surface area contributed by atoms with Crippen LogP contribution in [-0.4, -0.2) is 23.5 Å². The number of imide groups is 1. The predicted octanol–water partition coefficient (Wildman–Crippen LogP) is 3.29. The van der Waals surface area contributed by atoms with E-state index in [1.807, 2.05) is 30.3 Å². The summed E-state index contributed by atoms with van der Waals surface area (Å²) in [5, 5.41) is 0. The minimum Gasteiger partial charge on any atom is -0.446 e. The number of hydrogen-bond acceptors (Lipinski definition) is 3. The largest absolute Gasteiger partial charge is 0.446 e. The number of cyclic esters (lactones) is 1. The smallest absolute Gasteiger partial charge is 0.417 e. The van der Waals surface area contributed by atoms with Gasteiger partial charge in [0.1, 0.15) is 12.6 Å². The zero-order chi connectivity index (χ0) is 13.7. The highest BCUT2D eigenvalue weighted by atomic mass is 16.6. The molecule has 0 spiro atoms. The van der Waals surface area contributed by atoms with E-state index >= 15 is 0 Å². The molecule has 0 bridgehead atoms. The van der Waals surface area contributed by atoms with Crippen molar-refractivity contribution in [2.24, 2.45) is 0 Å². The Balaban J connectivity index is 2.07. The zero-order valence-corrected chi connectivity index (χ0v) is 11.2. The quantitative estimate of drug-likeness (QED) is 0.764. The third-order valence-corrected chi connectivity index (χ3v) is 3.32. The summed E-state index contributed by atoms with van der Waals surface area (Å²) >= 11 is 0. The highest BCUT2D eigenvalue weighted by Gasteiger charge is 2.38. The minimum absolute atomic E-state index is 0.134. The molecule has 0 aliphatic carbocycles. The number of unbranched alkanes of at least 4 members (excludes halogenated alkanes) is 2. The van der Waals surface area contributed by atoms with E-state index in [1.54, 1.807) is 0 Å². The summed E-state index contributed by atoms with van der Waals surface area (Å²) in [7, 11) is 0. The summed E-state index contributed by atoms with van der Waals surface area (Å²) < 4.78 is 5.03. The summed E-state index contributed by atoms with van der Waals surface area (Å²) in [6.07, 6.45) is 2.77. The standard InChI is InChI=1S/C15H19NO3/c1-2-3-5-10-14(17)16-13(11-19-15(16)18)12-8-6-4-7-9-12/h4,6-9,13H,2-3,5,10-11H2,1H3. The van der Waals surface area contributed by atoms with Gasteiger partial charge < -0.3 is 4.74 Å². The molecule has 1 aliphatic rings. The van der Waals surface area contributed by atoms with Crippen molar-refractivity contribution in [3.05, 3.63) is 35.9 Å². The molecule has 1 saturated heterocycles. The SMILES string of the molecule is CCCCCC(=O)N1C(=O)OCC1c1ccccc1. The van der Waals surface area contributed by atoms with Gasteiger partial charge in [-0.25, -0.2) is 9.69 Å². The van der Waals surface area contributed by atoms with Gasteiger partial charge in [-0.05, 0) is 12.0 Å². The Labute approximate surface area is 113 Å². The second kappa shape index (κ2) is 6.36. The van der Waals surface area contributed by atoms with Crippen LogP contribution in [0.5, 0.6) is 0 Å². The van der Waals surface area contributed by atoms with Crippen molar-refractivity contribution in [3.8, 4) is 0 Å². The first-order valence-corrected chi connectivity index (χ1v) is 6.77. The van der Waals surface area contributed by atoms with E-state index in [2.05, 4.69) is 6.92 Å². The molecule has 1 unspecified atom stereocenters. The molecule has 1 aliphatic heterocycles. The van der Waals surface area contributed by atoms with Crippen molar-refractivity contribution in [2.75, 3.05) is 6.61 Å². The van der Waals surface area contributed by atoms with Gasteiger partial charge >= 0.3 is 6.09 Å². The Kier molecular flexibility index (Phi) is 4.55. The van der Waals surface area contributed by atoms with Gasteiger partial charge in [0, 0.05) is 6.42 Å². The van der Waals surface area contributed by atoms with Gasteiger partial charge in [-0.1, -0.05) is 50.1 Å². The Bertz CT molecular complexity index is 444. The Morgan fingerprint density at radius 1 is 1.32 bits per heavy atom. The number of rotatable bonds is 5. The average Bonchev–Trinajstić information content (AvgIpc) is 2.82. The fraction of sp³-hybridized carbons (Fsp3) is 0.467. The number of carbonyl (C=O) groups is 2. The van der Waals surface area contributed by atoms with E-state index in [1.165, 1.54) is 4.90 Å². The van der Waals surface area contributed by atoms with Crippen molar-refractivity contribution in [2.45, 2.75) is 38.6 Å². The predicted molar refractivity (Wildman–Crippen MR) is 71.5 cm³/mol. The lowest BCUT2D eigenvalue weighted by atomic mass is 10.1.